The molecule has 0 unspecified atom stereocenters. The molecule has 168 valence electrons. The summed E-state index contributed by atoms with van der Waals surface area (Å²) >= 11 is 6.17. The van der Waals surface area contributed by atoms with Gasteiger partial charge in [-0.3, -0.25) is 4.90 Å². The molecule has 0 aliphatic carbocycles. The highest BCUT2D eigenvalue weighted by Crippen LogP contribution is 2.30. The maximum absolute atomic E-state index is 12.9. The zero-order valence-corrected chi connectivity index (χ0v) is 18.8. The summed E-state index contributed by atoms with van der Waals surface area (Å²) < 4.78 is 5.35. The Morgan fingerprint density at radius 1 is 1.09 bits per heavy atom. The molecular weight excluding hydrogens is 428 g/mol. The molecule has 4 rings (SSSR count). The molecule has 2 amide bonds. The third-order valence-corrected chi connectivity index (χ3v) is 5.94. The number of para-hydroxylation sites is 1. The first-order chi connectivity index (χ1) is 15.5. The van der Waals surface area contributed by atoms with Crippen molar-refractivity contribution in [2.45, 2.75) is 13.0 Å². The van der Waals surface area contributed by atoms with Crippen LogP contribution < -0.4 is 15.5 Å². The molecule has 0 aromatic heterocycles. The Morgan fingerprint density at radius 2 is 1.84 bits per heavy atom. The van der Waals surface area contributed by atoms with Crippen molar-refractivity contribution in [3.05, 3.63) is 76.5 Å². The number of urea groups is 1. The van der Waals surface area contributed by atoms with E-state index in [4.69, 9.17) is 16.3 Å². The summed E-state index contributed by atoms with van der Waals surface area (Å²) in [5.41, 5.74) is 2.93. The van der Waals surface area contributed by atoms with Crippen molar-refractivity contribution in [2.24, 2.45) is 0 Å². The summed E-state index contributed by atoms with van der Waals surface area (Å²) in [5.74, 6) is -0.442. The molecule has 1 saturated heterocycles. The molecule has 2 aliphatic heterocycles. The Balaban J connectivity index is 1.56. The normalized spacial score (nSPS) is 19.4. The van der Waals surface area contributed by atoms with E-state index >= 15 is 0 Å². The van der Waals surface area contributed by atoms with Crippen molar-refractivity contribution in [1.82, 2.24) is 15.5 Å². The maximum Gasteiger partial charge on any atom is 0.338 e. The number of piperazine rings is 1. The number of hydrogen-bond acceptors (Lipinski definition) is 5. The second kappa shape index (κ2) is 10.1. The molecular formula is C24H27ClN4O3. The van der Waals surface area contributed by atoms with Crippen molar-refractivity contribution in [2.75, 3.05) is 44.2 Å². The Morgan fingerprint density at radius 3 is 2.53 bits per heavy atom. The third-order valence-electron chi connectivity index (χ3n) is 5.71. The largest absolute Gasteiger partial charge is 0.463 e. The highest BCUT2D eigenvalue weighted by molar-refractivity contribution is 6.30. The second-order valence-electron chi connectivity index (χ2n) is 7.80. The van der Waals surface area contributed by atoms with Gasteiger partial charge in [0.15, 0.2) is 0 Å². The summed E-state index contributed by atoms with van der Waals surface area (Å²) in [7, 11) is 0. The number of anilines is 1. The number of nitrogens with zero attached hydrogens (tertiary/aromatic N) is 2. The fraction of sp³-hybridized carbons (Fsp3) is 0.333. The average molecular weight is 455 g/mol. The lowest BCUT2D eigenvalue weighted by Gasteiger charge is -2.38. The van der Waals surface area contributed by atoms with Crippen LogP contribution in [0.15, 0.2) is 65.9 Å². The molecule has 32 heavy (non-hydrogen) atoms. The molecule has 0 saturated carbocycles. The first-order valence-electron chi connectivity index (χ1n) is 10.8. The third kappa shape index (κ3) is 5.06. The lowest BCUT2D eigenvalue weighted by molar-refractivity contribution is -0.139. The van der Waals surface area contributed by atoms with Crippen LogP contribution in [0.25, 0.3) is 0 Å². The van der Waals surface area contributed by atoms with Gasteiger partial charge in [-0.2, -0.15) is 0 Å². The van der Waals surface area contributed by atoms with E-state index in [-0.39, 0.29) is 12.6 Å². The summed E-state index contributed by atoms with van der Waals surface area (Å²) in [6.07, 6.45) is 0. The molecule has 1 fully saturated rings. The zero-order chi connectivity index (χ0) is 22.5. The van der Waals surface area contributed by atoms with Gasteiger partial charge >= 0.3 is 12.0 Å². The average Bonchev–Trinajstić information content (AvgIpc) is 2.80. The van der Waals surface area contributed by atoms with Gasteiger partial charge in [0.1, 0.15) is 0 Å². The van der Waals surface area contributed by atoms with Crippen LogP contribution in [0.1, 0.15) is 18.5 Å². The second-order valence-corrected chi connectivity index (χ2v) is 8.23. The molecule has 0 bridgehead atoms. The van der Waals surface area contributed by atoms with Gasteiger partial charge in [-0.1, -0.05) is 41.9 Å². The maximum atomic E-state index is 12.9. The van der Waals surface area contributed by atoms with Crippen LogP contribution >= 0.6 is 11.6 Å². The summed E-state index contributed by atoms with van der Waals surface area (Å²) in [5, 5.41) is 6.24. The Bertz CT molecular complexity index is 1000. The summed E-state index contributed by atoms with van der Waals surface area (Å²) in [6, 6.07) is 16.5. The molecule has 0 radical (unpaired) electrons. The van der Waals surface area contributed by atoms with Crippen LogP contribution in [0.2, 0.25) is 5.02 Å². The van der Waals surface area contributed by atoms with E-state index in [1.165, 1.54) is 5.69 Å². The van der Waals surface area contributed by atoms with E-state index in [2.05, 4.69) is 32.6 Å². The van der Waals surface area contributed by atoms with Crippen LogP contribution in [0.5, 0.6) is 0 Å². The smallest absolute Gasteiger partial charge is 0.338 e. The van der Waals surface area contributed by atoms with Gasteiger partial charge < -0.3 is 20.3 Å². The number of nitrogens with one attached hydrogen (secondary N) is 2. The van der Waals surface area contributed by atoms with Gasteiger partial charge in [-0.05, 0) is 36.8 Å². The number of carbonyl (C=O) groups excluding carboxylic acids is 2. The van der Waals surface area contributed by atoms with Gasteiger partial charge in [-0.15, -0.1) is 0 Å². The number of hydrogen-bond donors (Lipinski definition) is 2. The Hall–Kier alpha value is -3.03. The summed E-state index contributed by atoms with van der Waals surface area (Å²) in [6.45, 7) is 5.86. The van der Waals surface area contributed by atoms with Gasteiger partial charge in [0.2, 0.25) is 0 Å². The van der Waals surface area contributed by atoms with Crippen molar-refractivity contribution in [3.8, 4) is 0 Å². The fourth-order valence-corrected chi connectivity index (χ4v) is 4.35. The van der Waals surface area contributed by atoms with E-state index in [9.17, 15) is 9.59 Å². The van der Waals surface area contributed by atoms with Gasteiger partial charge in [0.25, 0.3) is 0 Å². The highest BCUT2D eigenvalue weighted by Gasteiger charge is 2.34. The molecule has 2 aromatic carbocycles. The molecule has 2 aliphatic rings. The number of halogens is 1. The van der Waals surface area contributed by atoms with E-state index in [1.807, 2.05) is 24.3 Å². The topological polar surface area (TPSA) is 73.9 Å². The van der Waals surface area contributed by atoms with E-state index in [0.717, 1.165) is 31.7 Å². The van der Waals surface area contributed by atoms with E-state index in [1.54, 1.807) is 25.1 Å². The Labute approximate surface area is 193 Å². The predicted octanol–water partition coefficient (Wildman–Crippen LogP) is 3.33. The standard InChI is InChI=1S/C24H27ClN4O3/c1-2-32-23(30)21-20(26-24(31)27-22(21)17-7-6-8-18(25)15-17)16-28-11-13-29(14-12-28)19-9-4-3-5-10-19/h3-10,15,22H,2,11-14,16H2,1H3,(H2,26,27,31)/t22-/m0/s1. The van der Waals surface area contributed by atoms with E-state index < -0.39 is 12.0 Å². The molecule has 7 nitrogen and oxygen atoms in total. The minimum absolute atomic E-state index is 0.252. The van der Waals surface area contributed by atoms with Gasteiger partial charge in [0, 0.05) is 49.1 Å². The van der Waals surface area contributed by atoms with Crippen LogP contribution in [-0.4, -0.2) is 56.2 Å². The molecule has 2 N–H and O–H groups in total. The van der Waals surface area contributed by atoms with Gasteiger partial charge in [0.05, 0.1) is 18.2 Å². The Kier molecular flexibility index (Phi) is 6.97. The van der Waals surface area contributed by atoms with E-state index in [0.29, 0.717) is 22.8 Å². The fourth-order valence-electron chi connectivity index (χ4n) is 4.16. The number of carbonyl (C=O) groups is 2. The molecule has 2 aromatic rings. The lowest BCUT2D eigenvalue weighted by Crippen LogP contribution is -2.51. The van der Waals surface area contributed by atoms with Crippen LogP contribution in [0.4, 0.5) is 10.5 Å². The number of ether oxygens (including phenoxy) is 1. The monoisotopic (exact) mass is 454 g/mol. The number of amides is 2. The van der Waals surface area contributed by atoms with Crippen LogP contribution in [0.3, 0.4) is 0 Å². The minimum atomic E-state index is -0.623. The predicted molar refractivity (Wildman–Crippen MR) is 125 cm³/mol. The molecule has 0 spiro atoms. The quantitative estimate of drug-likeness (QED) is 0.655. The van der Waals surface area contributed by atoms with Crippen molar-refractivity contribution < 1.29 is 14.3 Å². The highest BCUT2D eigenvalue weighted by atomic mass is 35.5. The lowest BCUT2D eigenvalue weighted by atomic mass is 9.95. The minimum Gasteiger partial charge on any atom is -0.463 e. The molecule has 2 heterocycles. The summed E-state index contributed by atoms with van der Waals surface area (Å²) in [4.78, 5) is 30.0. The van der Waals surface area contributed by atoms with Crippen molar-refractivity contribution in [3.63, 3.8) is 0 Å². The van der Waals surface area contributed by atoms with Crippen molar-refractivity contribution >= 4 is 29.3 Å². The van der Waals surface area contributed by atoms with Crippen LogP contribution in [0, 0.1) is 0 Å². The SMILES string of the molecule is CCOC(=O)C1=C(CN2CCN(c3ccccc3)CC2)NC(=O)N[C@H]1c1cccc(Cl)c1. The number of esters is 1. The first kappa shape index (κ1) is 22.2. The number of benzene rings is 2. The van der Waals surface area contributed by atoms with Crippen LogP contribution in [-0.2, 0) is 9.53 Å². The van der Waals surface area contributed by atoms with Crippen molar-refractivity contribution in [1.29, 1.82) is 0 Å². The molecule has 8 heteroatoms. The zero-order valence-electron chi connectivity index (χ0n) is 18.0. The van der Waals surface area contributed by atoms with Gasteiger partial charge in [-0.25, -0.2) is 9.59 Å². The first-order valence-corrected chi connectivity index (χ1v) is 11.2. The molecule has 1 atom stereocenters. The number of rotatable bonds is 6.